The number of halogens is 1. The molecule has 0 N–H and O–H groups in total. The van der Waals surface area contributed by atoms with Gasteiger partial charge in [0.15, 0.2) is 0 Å². The molecule has 1 aromatic carbocycles. The highest BCUT2D eigenvalue weighted by Crippen LogP contribution is 2.31. The summed E-state index contributed by atoms with van der Waals surface area (Å²) in [5, 5.41) is 0. The van der Waals surface area contributed by atoms with E-state index in [1.54, 1.807) is 13.3 Å². The van der Waals surface area contributed by atoms with Crippen molar-refractivity contribution in [3.05, 3.63) is 59.5 Å². The third-order valence-corrected chi connectivity index (χ3v) is 4.58. The summed E-state index contributed by atoms with van der Waals surface area (Å²) in [6, 6.07) is 11.0. The number of ether oxygens (including phenoxy) is 2. The van der Waals surface area contributed by atoms with Crippen LogP contribution in [0.25, 0.3) is 0 Å². The minimum Gasteiger partial charge on any atom is -0.481 e. The van der Waals surface area contributed by atoms with E-state index >= 15 is 0 Å². The molecular weight excluding hydrogens is 307 g/mol. The lowest BCUT2D eigenvalue weighted by molar-refractivity contribution is -0.0250. The van der Waals surface area contributed by atoms with E-state index in [2.05, 4.69) is 16.9 Å². The Morgan fingerprint density at radius 3 is 2.83 bits per heavy atom. The van der Waals surface area contributed by atoms with Crippen molar-refractivity contribution in [2.75, 3.05) is 20.8 Å². The molecule has 0 saturated carbocycles. The average Bonchev–Trinajstić information content (AvgIpc) is 2.63. The Labute approximate surface area is 142 Å². The first-order valence-electron chi connectivity index (χ1n) is 8.22. The fraction of sp³-hybridized carbons (Fsp3) is 0.421. The molecule has 0 radical (unpaired) electrons. The summed E-state index contributed by atoms with van der Waals surface area (Å²) in [6.07, 6.45) is 3.63. The zero-order valence-corrected chi connectivity index (χ0v) is 14.1. The average molecular weight is 330 g/mol. The molecule has 0 unspecified atom stereocenters. The van der Waals surface area contributed by atoms with Crippen LogP contribution in [0.3, 0.4) is 0 Å². The molecule has 1 fully saturated rings. The molecule has 0 amide bonds. The van der Waals surface area contributed by atoms with Gasteiger partial charge in [-0.2, -0.15) is 0 Å². The number of hydrogen-bond donors (Lipinski definition) is 0. The van der Waals surface area contributed by atoms with E-state index in [1.807, 2.05) is 24.3 Å². The van der Waals surface area contributed by atoms with Gasteiger partial charge in [-0.1, -0.05) is 18.2 Å². The van der Waals surface area contributed by atoms with E-state index in [9.17, 15) is 4.39 Å². The first-order valence-corrected chi connectivity index (χ1v) is 8.22. The highest BCUT2D eigenvalue weighted by Gasteiger charge is 2.27. The van der Waals surface area contributed by atoms with E-state index in [4.69, 9.17) is 9.47 Å². The van der Waals surface area contributed by atoms with Crippen molar-refractivity contribution in [2.24, 2.45) is 0 Å². The minimum absolute atomic E-state index is 0.0163. The van der Waals surface area contributed by atoms with Crippen molar-refractivity contribution in [3.63, 3.8) is 0 Å². The highest BCUT2D eigenvalue weighted by molar-refractivity contribution is 5.25. The lowest BCUT2D eigenvalue weighted by atomic mass is 9.96. The molecule has 1 saturated heterocycles. The summed E-state index contributed by atoms with van der Waals surface area (Å²) in [7, 11) is 3.76. The minimum atomic E-state index is -0.216. The third kappa shape index (κ3) is 3.91. The Bertz CT molecular complexity index is 663. The molecule has 2 aromatic rings. The fourth-order valence-electron chi connectivity index (χ4n) is 3.22. The zero-order valence-electron chi connectivity index (χ0n) is 14.1. The van der Waals surface area contributed by atoms with Crippen LogP contribution >= 0.6 is 0 Å². The van der Waals surface area contributed by atoms with Crippen LogP contribution in [0.2, 0.25) is 0 Å². The lowest BCUT2D eigenvalue weighted by Gasteiger charge is -2.35. The summed E-state index contributed by atoms with van der Waals surface area (Å²) in [4.78, 5) is 6.58. The standard InChI is InChI=1S/C19H23FN2O2/c1-22(13-15-4-3-10-21-19(15)23-2)17-9-11-24-18(12-17)14-5-7-16(20)8-6-14/h3-8,10,17-18H,9,11-13H2,1-2H3/t17-,18+/m0/s1. The Morgan fingerprint density at radius 1 is 1.29 bits per heavy atom. The molecule has 1 aliphatic heterocycles. The second kappa shape index (κ2) is 7.73. The molecule has 0 spiro atoms. The zero-order chi connectivity index (χ0) is 16.9. The summed E-state index contributed by atoms with van der Waals surface area (Å²) in [5.41, 5.74) is 2.11. The van der Waals surface area contributed by atoms with Gasteiger partial charge in [-0.3, -0.25) is 4.90 Å². The van der Waals surface area contributed by atoms with Gasteiger partial charge < -0.3 is 9.47 Å². The van der Waals surface area contributed by atoms with Gasteiger partial charge >= 0.3 is 0 Å². The topological polar surface area (TPSA) is 34.6 Å². The Hall–Kier alpha value is -1.98. The van der Waals surface area contributed by atoms with Gasteiger partial charge in [0, 0.05) is 31.0 Å². The van der Waals surface area contributed by atoms with Crippen LogP contribution in [0.5, 0.6) is 5.88 Å². The van der Waals surface area contributed by atoms with E-state index in [-0.39, 0.29) is 11.9 Å². The quantitative estimate of drug-likeness (QED) is 0.839. The van der Waals surface area contributed by atoms with Crippen LogP contribution in [0.1, 0.15) is 30.1 Å². The molecular formula is C19H23FN2O2. The maximum Gasteiger partial charge on any atom is 0.217 e. The van der Waals surface area contributed by atoms with Crippen LogP contribution in [0.15, 0.2) is 42.6 Å². The summed E-state index contributed by atoms with van der Waals surface area (Å²) < 4.78 is 24.3. The van der Waals surface area contributed by atoms with Gasteiger partial charge in [0.2, 0.25) is 5.88 Å². The maximum absolute atomic E-state index is 13.1. The molecule has 5 heteroatoms. The highest BCUT2D eigenvalue weighted by atomic mass is 19.1. The van der Waals surface area contributed by atoms with Gasteiger partial charge in [-0.25, -0.2) is 9.37 Å². The number of benzene rings is 1. The lowest BCUT2D eigenvalue weighted by Crippen LogP contribution is -2.37. The maximum atomic E-state index is 13.1. The van der Waals surface area contributed by atoms with Crippen molar-refractivity contribution in [1.82, 2.24) is 9.88 Å². The SMILES string of the molecule is COc1ncccc1CN(C)[C@H]1CCO[C@@H](c2ccc(F)cc2)C1. The van der Waals surface area contributed by atoms with E-state index in [0.29, 0.717) is 18.5 Å². The van der Waals surface area contributed by atoms with Gasteiger partial charge in [0.05, 0.1) is 13.2 Å². The summed E-state index contributed by atoms with van der Waals surface area (Å²) in [5.74, 6) is 0.457. The Balaban J connectivity index is 1.66. The number of pyridine rings is 1. The van der Waals surface area contributed by atoms with Crippen LogP contribution in [0.4, 0.5) is 4.39 Å². The van der Waals surface area contributed by atoms with Crippen molar-refractivity contribution >= 4 is 0 Å². The van der Waals surface area contributed by atoms with Crippen molar-refractivity contribution in [1.29, 1.82) is 0 Å². The molecule has 0 aliphatic carbocycles. The largest absolute Gasteiger partial charge is 0.481 e. The second-order valence-electron chi connectivity index (χ2n) is 6.18. The van der Waals surface area contributed by atoms with E-state index in [0.717, 1.165) is 30.5 Å². The Kier molecular flexibility index (Phi) is 5.43. The first-order chi connectivity index (χ1) is 11.7. The van der Waals surface area contributed by atoms with Crippen molar-refractivity contribution in [3.8, 4) is 5.88 Å². The molecule has 0 bridgehead atoms. The summed E-state index contributed by atoms with van der Waals surface area (Å²) in [6.45, 7) is 1.49. The molecule has 2 atom stereocenters. The molecule has 4 nitrogen and oxygen atoms in total. The van der Waals surface area contributed by atoms with E-state index < -0.39 is 0 Å². The number of methoxy groups -OCH3 is 1. The molecule has 2 heterocycles. The molecule has 1 aromatic heterocycles. The van der Waals surface area contributed by atoms with Crippen LogP contribution in [-0.2, 0) is 11.3 Å². The summed E-state index contributed by atoms with van der Waals surface area (Å²) >= 11 is 0. The molecule has 3 rings (SSSR count). The number of hydrogen-bond acceptors (Lipinski definition) is 4. The predicted molar refractivity (Wildman–Crippen MR) is 90.4 cm³/mol. The molecule has 1 aliphatic rings. The number of nitrogens with zero attached hydrogens (tertiary/aromatic N) is 2. The first kappa shape index (κ1) is 16.9. The molecule has 128 valence electrons. The normalized spacial score (nSPS) is 21.0. The number of aromatic nitrogens is 1. The van der Waals surface area contributed by atoms with Crippen LogP contribution < -0.4 is 4.74 Å². The fourth-order valence-corrected chi connectivity index (χ4v) is 3.22. The molecule has 24 heavy (non-hydrogen) atoms. The van der Waals surface area contributed by atoms with Gasteiger partial charge in [-0.05, 0) is 43.7 Å². The smallest absolute Gasteiger partial charge is 0.217 e. The third-order valence-electron chi connectivity index (χ3n) is 4.58. The van der Waals surface area contributed by atoms with Crippen molar-refractivity contribution < 1.29 is 13.9 Å². The van der Waals surface area contributed by atoms with Crippen LogP contribution in [0, 0.1) is 5.82 Å². The van der Waals surface area contributed by atoms with Gasteiger partial charge in [0.1, 0.15) is 5.82 Å². The van der Waals surface area contributed by atoms with Gasteiger partial charge in [0.25, 0.3) is 0 Å². The monoisotopic (exact) mass is 330 g/mol. The predicted octanol–water partition coefficient (Wildman–Crippen LogP) is 3.58. The van der Waals surface area contributed by atoms with E-state index in [1.165, 1.54) is 12.1 Å². The number of rotatable bonds is 5. The van der Waals surface area contributed by atoms with Crippen molar-refractivity contribution in [2.45, 2.75) is 31.5 Å². The van der Waals surface area contributed by atoms with Gasteiger partial charge in [-0.15, -0.1) is 0 Å². The second-order valence-corrected chi connectivity index (χ2v) is 6.18. The van der Waals surface area contributed by atoms with Crippen LogP contribution in [-0.4, -0.2) is 36.7 Å². The Morgan fingerprint density at radius 2 is 2.08 bits per heavy atom.